The number of amides is 3. The highest BCUT2D eigenvalue weighted by atomic mass is 35.5. The molecule has 0 radical (unpaired) electrons. The van der Waals surface area contributed by atoms with E-state index < -0.39 is 0 Å². The molecule has 324 valence electrons. The summed E-state index contributed by atoms with van der Waals surface area (Å²) >= 11 is 16.0. The quantitative estimate of drug-likeness (QED) is 0.118. The van der Waals surface area contributed by atoms with Crippen molar-refractivity contribution >= 4 is 85.2 Å². The van der Waals surface area contributed by atoms with E-state index in [-0.39, 0.29) is 53.5 Å². The van der Waals surface area contributed by atoms with Crippen LogP contribution in [0, 0.1) is 5.41 Å². The Morgan fingerprint density at radius 3 is 2.00 bits per heavy atom. The molecule has 0 bridgehead atoms. The molecule has 1 spiro atoms. The molecule has 3 amide bonds. The molecule has 3 aliphatic heterocycles. The molecule has 0 aliphatic carbocycles. The third kappa shape index (κ3) is 9.01. The second-order valence-corrected chi connectivity index (χ2v) is 18.8. The molecule has 3 aliphatic rings. The fourth-order valence-electron chi connectivity index (χ4n) is 8.84. The van der Waals surface area contributed by atoms with Gasteiger partial charge in [-0.05, 0) is 49.9 Å². The molecular weight excluding hydrogens is 880 g/mol. The van der Waals surface area contributed by atoms with E-state index >= 15 is 0 Å². The number of aromatic nitrogens is 4. The van der Waals surface area contributed by atoms with Crippen molar-refractivity contribution in [2.75, 3.05) is 86.4 Å². The highest BCUT2D eigenvalue weighted by molar-refractivity contribution is 7.16. The maximum atomic E-state index is 13.7. The summed E-state index contributed by atoms with van der Waals surface area (Å²) in [5, 5.41) is 19.0. The molecule has 3 fully saturated rings. The van der Waals surface area contributed by atoms with E-state index in [4.69, 9.17) is 33.3 Å². The first kappa shape index (κ1) is 42.8. The molecule has 18 heteroatoms. The SMILES string of the molecule is CN1CC2(CCN(c3ccc(C(=O)Nc4nc(-c5ccccc5Cl)cs4)nc3)CC2c2sc(NC(=O)c3ccc(N4CCN(C(=O)CCO)CC4)cn3)nc2-c2ccccc2Cl)C1. The topological polar surface area (TPSA) is 160 Å². The summed E-state index contributed by atoms with van der Waals surface area (Å²) in [4.78, 5) is 67.6. The molecule has 7 heterocycles. The first-order valence-electron chi connectivity index (χ1n) is 20.7. The number of hydrogen-bond acceptors (Lipinski definition) is 13. The van der Waals surface area contributed by atoms with Crippen molar-refractivity contribution in [2.24, 2.45) is 5.41 Å². The van der Waals surface area contributed by atoms with Gasteiger partial charge in [0.25, 0.3) is 11.8 Å². The Labute approximate surface area is 382 Å². The number of carbonyl (C=O) groups excluding carboxylic acids is 3. The van der Waals surface area contributed by atoms with Crippen LogP contribution in [-0.4, -0.2) is 119 Å². The van der Waals surface area contributed by atoms with Crippen LogP contribution in [0.2, 0.25) is 10.0 Å². The number of anilines is 4. The highest BCUT2D eigenvalue weighted by Gasteiger charge is 2.52. The number of halogens is 2. The number of hydrogen-bond donors (Lipinski definition) is 3. The number of pyridine rings is 2. The van der Waals surface area contributed by atoms with Crippen LogP contribution in [-0.2, 0) is 4.79 Å². The Morgan fingerprint density at radius 2 is 1.40 bits per heavy atom. The van der Waals surface area contributed by atoms with E-state index in [0.717, 1.165) is 59.1 Å². The highest BCUT2D eigenvalue weighted by Crippen LogP contribution is 2.53. The van der Waals surface area contributed by atoms with E-state index in [9.17, 15) is 14.4 Å². The number of nitrogens with zero attached hydrogens (tertiary/aromatic N) is 8. The van der Waals surface area contributed by atoms with Gasteiger partial charge in [-0.15, -0.1) is 22.7 Å². The van der Waals surface area contributed by atoms with Crippen LogP contribution in [0.3, 0.4) is 0 Å². The molecule has 14 nitrogen and oxygen atoms in total. The Hall–Kier alpha value is -5.49. The van der Waals surface area contributed by atoms with Crippen molar-refractivity contribution < 1.29 is 19.5 Å². The molecule has 6 aromatic rings. The fourth-order valence-corrected chi connectivity index (χ4v) is 11.2. The molecule has 9 rings (SSSR count). The lowest BCUT2D eigenvalue weighted by Crippen LogP contribution is -2.62. The number of piperazine rings is 1. The molecule has 2 aromatic carbocycles. The average Bonchev–Trinajstić information content (AvgIpc) is 3.93. The second-order valence-electron chi connectivity index (χ2n) is 16.1. The summed E-state index contributed by atoms with van der Waals surface area (Å²) in [6.45, 7) is 5.54. The zero-order valence-electron chi connectivity index (χ0n) is 34.3. The molecular formula is C45H44Cl2N10O4S2. The Morgan fingerprint density at radius 1 is 0.778 bits per heavy atom. The number of nitrogens with one attached hydrogen (secondary N) is 2. The van der Waals surface area contributed by atoms with Gasteiger partial charge in [0.2, 0.25) is 5.91 Å². The monoisotopic (exact) mass is 922 g/mol. The van der Waals surface area contributed by atoms with Gasteiger partial charge in [0.05, 0.1) is 41.8 Å². The predicted molar refractivity (Wildman–Crippen MR) is 249 cm³/mol. The largest absolute Gasteiger partial charge is 0.396 e. The van der Waals surface area contributed by atoms with Crippen molar-refractivity contribution in [3.63, 3.8) is 0 Å². The van der Waals surface area contributed by atoms with E-state index in [1.807, 2.05) is 60.0 Å². The maximum Gasteiger partial charge on any atom is 0.276 e. The lowest BCUT2D eigenvalue weighted by Gasteiger charge is -2.57. The van der Waals surface area contributed by atoms with E-state index in [0.29, 0.717) is 58.7 Å². The number of piperidine rings is 1. The normalized spacial score (nSPS) is 17.4. The lowest BCUT2D eigenvalue weighted by atomic mass is 9.64. The first-order chi connectivity index (χ1) is 30.6. The number of aliphatic hydroxyl groups excluding tert-OH is 1. The zero-order valence-corrected chi connectivity index (χ0v) is 37.5. The van der Waals surface area contributed by atoms with Gasteiger partial charge in [-0.25, -0.2) is 19.9 Å². The van der Waals surface area contributed by atoms with Crippen LogP contribution in [0.25, 0.3) is 22.5 Å². The first-order valence-corrected chi connectivity index (χ1v) is 23.1. The van der Waals surface area contributed by atoms with Crippen molar-refractivity contribution in [1.82, 2.24) is 29.7 Å². The van der Waals surface area contributed by atoms with Gasteiger partial charge in [0.1, 0.15) is 11.4 Å². The molecule has 3 N–H and O–H groups in total. The third-order valence-corrected chi connectivity index (χ3v) is 14.5. The summed E-state index contributed by atoms with van der Waals surface area (Å²) in [5.74, 6) is -0.743. The molecule has 1 atom stereocenters. The number of benzene rings is 2. The standard InChI is InChI=1S/C45H44Cl2N10O4S2/c1-54-26-45(27-54)15-16-57(29-11-13-35(49-23-29)41(60)52-43-50-37(25-62-43)30-6-2-4-8-33(30)46)24-32(45)40-39(31-7-3-5-9-34(31)47)51-44(63-40)53-42(61)36-12-10-28(22-48-36)55-17-19-56(20-18-55)38(59)14-21-58/h2-13,22-23,25,32,58H,14-21,24,26-27H2,1H3,(H,50,52,60)(H,51,53,61). The summed E-state index contributed by atoms with van der Waals surface area (Å²) in [6.07, 6.45) is 4.48. The summed E-state index contributed by atoms with van der Waals surface area (Å²) in [7, 11) is 2.14. The number of likely N-dealkylation sites (tertiary alicyclic amines) is 1. The van der Waals surface area contributed by atoms with Gasteiger partial charge >= 0.3 is 0 Å². The number of rotatable bonds is 11. The Kier molecular flexibility index (Phi) is 12.4. The van der Waals surface area contributed by atoms with E-state index in [1.54, 1.807) is 35.5 Å². The Balaban J connectivity index is 0.925. The summed E-state index contributed by atoms with van der Waals surface area (Å²) in [6, 6.07) is 22.4. The lowest BCUT2D eigenvalue weighted by molar-refractivity contribution is -0.132. The van der Waals surface area contributed by atoms with Crippen LogP contribution in [0.5, 0.6) is 0 Å². The van der Waals surface area contributed by atoms with Gasteiger partial charge in [-0.2, -0.15) is 0 Å². The number of carbonyl (C=O) groups is 3. The van der Waals surface area contributed by atoms with Crippen LogP contribution in [0.1, 0.15) is 44.6 Å². The minimum Gasteiger partial charge on any atom is -0.396 e. The minimum atomic E-state index is -0.374. The maximum absolute atomic E-state index is 13.7. The van der Waals surface area contributed by atoms with Crippen LogP contribution in [0.15, 0.2) is 90.6 Å². The van der Waals surface area contributed by atoms with Crippen LogP contribution in [0.4, 0.5) is 21.6 Å². The third-order valence-electron chi connectivity index (χ3n) is 12.0. The van der Waals surface area contributed by atoms with Crippen LogP contribution < -0.4 is 20.4 Å². The predicted octanol–water partition coefficient (Wildman–Crippen LogP) is 7.49. The average molecular weight is 924 g/mol. The summed E-state index contributed by atoms with van der Waals surface area (Å²) < 4.78 is 0. The minimum absolute atomic E-state index is 0.0200. The van der Waals surface area contributed by atoms with Gasteiger partial charge in [-0.3, -0.25) is 25.0 Å². The van der Waals surface area contributed by atoms with Crippen molar-refractivity contribution in [3.8, 4) is 22.5 Å². The molecule has 4 aromatic heterocycles. The number of thiazole rings is 2. The van der Waals surface area contributed by atoms with Crippen LogP contribution >= 0.6 is 45.9 Å². The molecule has 3 saturated heterocycles. The van der Waals surface area contributed by atoms with Crippen molar-refractivity contribution in [3.05, 3.63) is 117 Å². The molecule has 63 heavy (non-hydrogen) atoms. The van der Waals surface area contributed by atoms with E-state index in [2.05, 4.69) is 47.3 Å². The van der Waals surface area contributed by atoms with Gasteiger partial charge in [0, 0.05) is 102 Å². The van der Waals surface area contributed by atoms with Crippen molar-refractivity contribution in [1.29, 1.82) is 0 Å². The molecule has 0 saturated carbocycles. The van der Waals surface area contributed by atoms with Gasteiger partial charge in [-0.1, -0.05) is 59.6 Å². The number of aliphatic hydroxyl groups is 1. The summed E-state index contributed by atoms with van der Waals surface area (Å²) in [5.41, 5.74) is 5.30. The fraction of sp³-hybridized carbons (Fsp3) is 0.311. The zero-order chi connectivity index (χ0) is 43.7. The van der Waals surface area contributed by atoms with Gasteiger partial charge in [0.15, 0.2) is 10.3 Å². The molecule has 1 unspecified atom stereocenters. The smallest absolute Gasteiger partial charge is 0.276 e. The Bertz CT molecular complexity index is 2630. The van der Waals surface area contributed by atoms with E-state index in [1.165, 1.54) is 22.7 Å². The second kappa shape index (κ2) is 18.3. The van der Waals surface area contributed by atoms with Gasteiger partial charge < -0.3 is 24.7 Å². The van der Waals surface area contributed by atoms with Crippen molar-refractivity contribution in [2.45, 2.75) is 18.8 Å².